The summed E-state index contributed by atoms with van der Waals surface area (Å²) in [6.45, 7) is 10.3. The largest absolute Gasteiger partial charge is 0.467 e. The minimum absolute atomic E-state index is 0.0956. The molecule has 0 spiro atoms. The Labute approximate surface area is 116 Å². The van der Waals surface area contributed by atoms with Crippen molar-refractivity contribution in [1.82, 2.24) is 4.90 Å². The van der Waals surface area contributed by atoms with Gasteiger partial charge in [0.2, 0.25) is 5.91 Å². The first-order valence-electron chi connectivity index (χ1n) is 6.72. The molecule has 0 aliphatic heterocycles. The predicted octanol–water partition coefficient (Wildman–Crippen LogP) is 1.41. The van der Waals surface area contributed by atoms with Crippen LogP contribution in [0, 0.1) is 11.3 Å². The van der Waals surface area contributed by atoms with Crippen molar-refractivity contribution in [3.05, 3.63) is 0 Å². The van der Waals surface area contributed by atoms with Crippen molar-refractivity contribution in [2.75, 3.05) is 20.2 Å². The van der Waals surface area contributed by atoms with Gasteiger partial charge in [-0.3, -0.25) is 4.79 Å². The van der Waals surface area contributed by atoms with Gasteiger partial charge in [-0.25, -0.2) is 4.79 Å². The lowest BCUT2D eigenvalue weighted by Crippen LogP contribution is -2.54. The first-order chi connectivity index (χ1) is 8.65. The van der Waals surface area contributed by atoms with Crippen LogP contribution in [0.3, 0.4) is 0 Å². The Morgan fingerprint density at radius 1 is 1.26 bits per heavy atom. The van der Waals surface area contributed by atoms with Crippen molar-refractivity contribution in [2.45, 2.75) is 47.1 Å². The van der Waals surface area contributed by atoms with Gasteiger partial charge in [0, 0.05) is 6.54 Å². The Kier molecular flexibility index (Phi) is 7.05. The fraction of sp³-hybridized carbons (Fsp3) is 0.857. The molecule has 112 valence electrons. The number of nitrogens with two attached hydrogens (primary N) is 1. The Morgan fingerprint density at radius 2 is 1.79 bits per heavy atom. The Balaban J connectivity index is 5.24. The lowest BCUT2D eigenvalue weighted by Gasteiger charge is -2.38. The molecule has 0 rings (SSSR count). The zero-order chi connectivity index (χ0) is 15.2. The molecule has 0 aromatic carbocycles. The van der Waals surface area contributed by atoms with Crippen LogP contribution in [0.5, 0.6) is 0 Å². The smallest absolute Gasteiger partial charge is 0.329 e. The number of amides is 1. The van der Waals surface area contributed by atoms with Gasteiger partial charge >= 0.3 is 5.97 Å². The predicted molar refractivity (Wildman–Crippen MR) is 75.5 cm³/mol. The van der Waals surface area contributed by atoms with Crippen molar-refractivity contribution < 1.29 is 14.3 Å². The molecular weight excluding hydrogens is 244 g/mol. The van der Waals surface area contributed by atoms with Crippen molar-refractivity contribution in [1.29, 1.82) is 0 Å². The molecule has 0 bridgehead atoms. The van der Waals surface area contributed by atoms with Gasteiger partial charge in [0.1, 0.15) is 6.04 Å². The second-order valence-corrected chi connectivity index (χ2v) is 6.27. The van der Waals surface area contributed by atoms with Gasteiger partial charge in [0.05, 0.1) is 13.7 Å². The molecule has 5 heteroatoms. The van der Waals surface area contributed by atoms with Crippen LogP contribution in [-0.4, -0.2) is 43.0 Å². The Bertz CT molecular complexity index is 308. The van der Waals surface area contributed by atoms with Gasteiger partial charge in [-0.2, -0.15) is 0 Å². The summed E-state index contributed by atoms with van der Waals surface area (Å²) in [6.07, 6.45) is 0.829. The number of hydrogen-bond donors (Lipinski definition) is 1. The molecule has 0 saturated heterocycles. The SMILES string of the molecule is COC(=O)C(N(CCC(C)C)C(=O)CN)C(C)(C)C. The fourth-order valence-corrected chi connectivity index (χ4v) is 1.97. The van der Waals surface area contributed by atoms with E-state index in [1.807, 2.05) is 20.8 Å². The lowest BCUT2D eigenvalue weighted by atomic mass is 9.85. The van der Waals surface area contributed by atoms with Crippen LogP contribution >= 0.6 is 0 Å². The van der Waals surface area contributed by atoms with E-state index in [1.54, 1.807) is 4.90 Å². The average molecular weight is 272 g/mol. The number of nitrogens with zero attached hydrogens (tertiary/aromatic N) is 1. The van der Waals surface area contributed by atoms with E-state index >= 15 is 0 Å². The topological polar surface area (TPSA) is 72.6 Å². The first kappa shape index (κ1) is 17.9. The van der Waals surface area contributed by atoms with Crippen LogP contribution in [-0.2, 0) is 14.3 Å². The number of methoxy groups -OCH3 is 1. The molecule has 0 aliphatic carbocycles. The molecule has 1 atom stereocenters. The van der Waals surface area contributed by atoms with Crippen LogP contribution in [0.2, 0.25) is 0 Å². The Hall–Kier alpha value is -1.10. The van der Waals surface area contributed by atoms with E-state index in [9.17, 15) is 9.59 Å². The summed E-state index contributed by atoms with van der Waals surface area (Å²) in [6, 6.07) is -0.604. The number of ether oxygens (including phenoxy) is 1. The van der Waals surface area contributed by atoms with E-state index in [0.717, 1.165) is 6.42 Å². The van der Waals surface area contributed by atoms with E-state index in [0.29, 0.717) is 12.5 Å². The highest BCUT2D eigenvalue weighted by Gasteiger charge is 2.39. The quantitative estimate of drug-likeness (QED) is 0.742. The monoisotopic (exact) mass is 272 g/mol. The third kappa shape index (κ3) is 5.59. The number of esters is 1. The number of rotatable bonds is 6. The zero-order valence-corrected chi connectivity index (χ0v) is 13.0. The molecular formula is C14H28N2O3. The van der Waals surface area contributed by atoms with Crippen molar-refractivity contribution in [2.24, 2.45) is 17.1 Å². The normalized spacial score (nSPS) is 13.3. The van der Waals surface area contributed by atoms with Crippen LogP contribution in [0.1, 0.15) is 41.0 Å². The molecule has 2 N–H and O–H groups in total. The van der Waals surface area contributed by atoms with Crippen LogP contribution in [0.15, 0.2) is 0 Å². The summed E-state index contributed by atoms with van der Waals surface area (Å²) >= 11 is 0. The highest BCUT2D eigenvalue weighted by atomic mass is 16.5. The number of carbonyl (C=O) groups is 2. The molecule has 0 aliphatic rings. The standard InChI is InChI=1S/C14H28N2O3/c1-10(2)7-8-16(11(17)9-15)12(13(18)19-6)14(3,4)5/h10,12H,7-9,15H2,1-6H3. The second-order valence-electron chi connectivity index (χ2n) is 6.27. The van der Waals surface area contributed by atoms with Crippen molar-refractivity contribution in [3.63, 3.8) is 0 Å². The molecule has 0 aromatic rings. The third-order valence-corrected chi connectivity index (χ3v) is 3.00. The summed E-state index contributed by atoms with van der Waals surface area (Å²) in [4.78, 5) is 25.6. The second kappa shape index (κ2) is 7.48. The summed E-state index contributed by atoms with van der Waals surface area (Å²) in [7, 11) is 1.34. The van der Waals surface area contributed by atoms with Crippen molar-refractivity contribution >= 4 is 11.9 Å². The van der Waals surface area contributed by atoms with E-state index in [4.69, 9.17) is 10.5 Å². The molecule has 1 unspecified atom stereocenters. The molecule has 0 saturated carbocycles. The highest BCUT2D eigenvalue weighted by Crippen LogP contribution is 2.26. The minimum atomic E-state index is -0.604. The van der Waals surface area contributed by atoms with Gasteiger partial charge in [0.25, 0.3) is 0 Å². The fourth-order valence-electron chi connectivity index (χ4n) is 1.97. The zero-order valence-electron chi connectivity index (χ0n) is 13.0. The van der Waals surface area contributed by atoms with E-state index in [-0.39, 0.29) is 12.5 Å². The molecule has 19 heavy (non-hydrogen) atoms. The molecule has 0 radical (unpaired) electrons. The maximum Gasteiger partial charge on any atom is 0.329 e. The summed E-state index contributed by atoms with van der Waals surface area (Å²) in [5.74, 6) is -0.157. The average Bonchev–Trinajstić information content (AvgIpc) is 2.30. The molecule has 0 fully saturated rings. The number of hydrogen-bond acceptors (Lipinski definition) is 4. The summed E-state index contributed by atoms with van der Waals surface area (Å²) in [5, 5.41) is 0. The molecule has 0 aromatic heterocycles. The number of carbonyl (C=O) groups excluding carboxylic acids is 2. The maximum atomic E-state index is 12.0. The first-order valence-corrected chi connectivity index (χ1v) is 6.72. The summed E-state index contributed by atoms with van der Waals surface area (Å²) < 4.78 is 4.85. The maximum absolute atomic E-state index is 12.0. The minimum Gasteiger partial charge on any atom is -0.467 e. The van der Waals surface area contributed by atoms with Crippen LogP contribution in [0.25, 0.3) is 0 Å². The third-order valence-electron chi connectivity index (χ3n) is 3.00. The van der Waals surface area contributed by atoms with E-state index in [2.05, 4.69) is 13.8 Å². The van der Waals surface area contributed by atoms with Gasteiger partial charge < -0.3 is 15.4 Å². The molecule has 0 heterocycles. The summed E-state index contributed by atoms with van der Waals surface area (Å²) in [5.41, 5.74) is 5.06. The van der Waals surface area contributed by atoms with Gasteiger partial charge in [-0.1, -0.05) is 34.6 Å². The molecule has 5 nitrogen and oxygen atoms in total. The lowest BCUT2D eigenvalue weighted by molar-refractivity contribution is -0.157. The van der Waals surface area contributed by atoms with E-state index < -0.39 is 17.4 Å². The van der Waals surface area contributed by atoms with E-state index in [1.165, 1.54) is 7.11 Å². The molecule has 1 amide bonds. The van der Waals surface area contributed by atoms with Crippen molar-refractivity contribution in [3.8, 4) is 0 Å². The van der Waals surface area contributed by atoms with Crippen LogP contribution < -0.4 is 5.73 Å². The Morgan fingerprint density at radius 3 is 2.11 bits per heavy atom. The van der Waals surface area contributed by atoms with Crippen LogP contribution in [0.4, 0.5) is 0 Å². The van der Waals surface area contributed by atoms with Gasteiger partial charge in [-0.05, 0) is 17.8 Å². The van der Waals surface area contributed by atoms with Gasteiger partial charge in [0.15, 0.2) is 0 Å². The highest BCUT2D eigenvalue weighted by molar-refractivity contribution is 5.86. The van der Waals surface area contributed by atoms with Gasteiger partial charge in [-0.15, -0.1) is 0 Å².